The molecule has 3 aromatic carbocycles. The molecule has 5 heteroatoms. The monoisotopic (exact) mass is 417 g/mol. The molecule has 0 unspecified atom stereocenters. The molecular weight excluding hydrogens is 398 g/mol. The van der Waals surface area contributed by atoms with Crippen molar-refractivity contribution in [1.29, 1.82) is 0 Å². The molecular formula is C20H20BrNO2S. The van der Waals surface area contributed by atoms with E-state index in [1.54, 1.807) is 36.4 Å². The van der Waals surface area contributed by atoms with E-state index < -0.39 is 10.0 Å². The predicted molar refractivity (Wildman–Crippen MR) is 108 cm³/mol. The number of rotatable bonds is 4. The number of benzene rings is 3. The zero-order valence-corrected chi connectivity index (χ0v) is 16.5. The molecule has 0 fully saturated rings. The van der Waals surface area contributed by atoms with E-state index in [4.69, 9.17) is 0 Å². The molecule has 0 aliphatic heterocycles. The number of nitrogens with one attached hydrogen (secondary N) is 1. The lowest BCUT2D eigenvalue weighted by molar-refractivity contribution is 0.601. The standard InChI is InChI=1S/C18H14BrNO2S.C2H6/c19-16-10-6-14(7-11-16)15-8-12-18(13-9-15)23(21,22)20-17-4-2-1-3-5-17;1-2/h1-13,20H;1-2H3. The summed E-state index contributed by atoms with van der Waals surface area (Å²) >= 11 is 3.40. The molecule has 130 valence electrons. The fourth-order valence-electron chi connectivity index (χ4n) is 2.19. The Bertz CT molecular complexity index is 891. The van der Waals surface area contributed by atoms with Gasteiger partial charge in [0.25, 0.3) is 10.0 Å². The maximum atomic E-state index is 12.4. The van der Waals surface area contributed by atoms with Gasteiger partial charge >= 0.3 is 0 Å². The highest BCUT2D eigenvalue weighted by atomic mass is 79.9. The molecule has 0 radical (unpaired) electrons. The van der Waals surface area contributed by atoms with Gasteiger partial charge < -0.3 is 0 Å². The van der Waals surface area contributed by atoms with Crippen LogP contribution in [-0.4, -0.2) is 8.42 Å². The highest BCUT2D eigenvalue weighted by molar-refractivity contribution is 9.10. The van der Waals surface area contributed by atoms with Gasteiger partial charge in [0.05, 0.1) is 4.90 Å². The second-order valence-electron chi connectivity index (χ2n) is 5.00. The van der Waals surface area contributed by atoms with Crippen LogP contribution in [0.3, 0.4) is 0 Å². The van der Waals surface area contributed by atoms with Gasteiger partial charge in [0, 0.05) is 10.2 Å². The Labute approximate surface area is 157 Å². The Kier molecular flexibility index (Phi) is 6.79. The quantitative estimate of drug-likeness (QED) is 0.570. The zero-order chi connectivity index (χ0) is 18.3. The van der Waals surface area contributed by atoms with E-state index in [2.05, 4.69) is 20.7 Å². The van der Waals surface area contributed by atoms with E-state index in [-0.39, 0.29) is 4.90 Å². The lowest BCUT2D eigenvalue weighted by Gasteiger charge is -2.09. The third-order valence-corrected chi connectivity index (χ3v) is 5.29. The van der Waals surface area contributed by atoms with Crippen molar-refractivity contribution in [2.45, 2.75) is 18.7 Å². The Hall–Kier alpha value is -2.11. The molecule has 25 heavy (non-hydrogen) atoms. The van der Waals surface area contributed by atoms with Crippen LogP contribution in [0.25, 0.3) is 11.1 Å². The van der Waals surface area contributed by atoms with E-state index in [0.29, 0.717) is 5.69 Å². The third kappa shape index (κ3) is 5.18. The number of anilines is 1. The minimum absolute atomic E-state index is 0.238. The van der Waals surface area contributed by atoms with Crippen LogP contribution in [0, 0.1) is 0 Å². The van der Waals surface area contributed by atoms with Crippen molar-refractivity contribution in [3.8, 4) is 11.1 Å². The van der Waals surface area contributed by atoms with Crippen LogP contribution >= 0.6 is 15.9 Å². The minimum Gasteiger partial charge on any atom is -0.280 e. The van der Waals surface area contributed by atoms with Gasteiger partial charge in [-0.15, -0.1) is 0 Å². The van der Waals surface area contributed by atoms with E-state index in [9.17, 15) is 8.42 Å². The number of sulfonamides is 1. The predicted octanol–water partition coefficient (Wildman–Crippen LogP) is 5.94. The first-order valence-electron chi connectivity index (χ1n) is 7.98. The summed E-state index contributed by atoms with van der Waals surface area (Å²) in [6.45, 7) is 4.00. The molecule has 0 atom stereocenters. The van der Waals surface area contributed by atoms with Crippen LogP contribution in [0.1, 0.15) is 13.8 Å². The average Bonchev–Trinajstić information content (AvgIpc) is 2.65. The van der Waals surface area contributed by atoms with Crippen molar-refractivity contribution in [2.24, 2.45) is 0 Å². The van der Waals surface area contributed by atoms with Crippen molar-refractivity contribution >= 4 is 31.6 Å². The highest BCUT2D eigenvalue weighted by Gasteiger charge is 2.13. The molecule has 3 rings (SSSR count). The third-order valence-electron chi connectivity index (χ3n) is 3.37. The number of hydrogen-bond donors (Lipinski definition) is 1. The summed E-state index contributed by atoms with van der Waals surface area (Å²) in [7, 11) is -3.58. The summed E-state index contributed by atoms with van der Waals surface area (Å²) in [6.07, 6.45) is 0. The van der Waals surface area contributed by atoms with Crippen LogP contribution in [0.4, 0.5) is 5.69 Å². The largest absolute Gasteiger partial charge is 0.280 e. The van der Waals surface area contributed by atoms with E-state index in [1.165, 1.54) is 0 Å². The molecule has 0 saturated heterocycles. The molecule has 0 aliphatic carbocycles. The van der Waals surface area contributed by atoms with Gasteiger partial charge in [0.2, 0.25) is 0 Å². The van der Waals surface area contributed by atoms with Crippen LogP contribution < -0.4 is 4.72 Å². The van der Waals surface area contributed by atoms with Crippen molar-refractivity contribution < 1.29 is 8.42 Å². The summed E-state index contributed by atoms with van der Waals surface area (Å²) in [5, 5.41) is 0. The number of para-hydroxylation sites is 1. The molecule has 0 aliphatic rings. The second-order valence-corrected chi connectivity index (χ2v) is 7.60. The minimum atomic E-state index is -3.58. The molecule has 1 N–H and O–H groups in total. The first-order valence-corrected chi connectivity index (χ1v) is 10.3. The Morgan fingerprint density at radius 2 is 1.20 bits per heavy atom. The van der Waals surface area contributed by atoms with Crippen LogP contribution in [-0.2, 0) is 10.0 Å². The van der Waals surface area contributed by atoms with Gasteiger partial charge in [-0.1, -0.05) is 72.2 Å². The lowest BCUT2D eigenvalue weighted by atomic mass is 10.1. The summed E-state index contributed by atoms with van der Waals surface area (Å²) in [6, 6.07) is 23.6. The van der Waals surface area contributed by atoms with Gasteiger partial charge in [-0.25, -0.2) is 8.42 Å². The van der Waals surface area contributed by atoms with Gasteiger partial charge in [0.15, 0.2) is 0 Å². The van der Waals surface area contributed by atoms with Gasteiger partial charge in [0.1, 0.15) is 0 Å². The molecule has 0 spiro atoms. The number of hydrogen-bond acceptors (Lipinski definition) is 2. The van der Waals surface area contributed by atoms with E-state index >= 15 is 0 Å². The summed E-state index contributed by atoms with van der Waals surface area (Å²) in [5.41, 5.74) is 2.55. The molecule has 3 aromatic rings. The Morgan fingerprint density at radius 1 is 0.720 bits per heavy atom. The molecule has 0 amide bonds. The lowest BCUT2D eigenvalue weighted by Crippen LogP contribution is -2.12. The van der Waals surface area contributed by atoms with Crippen molar-refractivity contribution in [1.82, 2.24) is 0 Å². The van der Waals surface area contributed by atoms with E-state index in [0.717, 1.165) is 15.6 Å². The normalized spacial score (nSPS) is 10.5. The SMILES string of the molecule is CC.O=S(=O)(Nc1ccccc1)c1ccc(-c2ccc(Br)cc2)cc1. The van der Waals surface area contributed by atoms with Crippen molar-refractivity contribution in [3.05, 3.63) is 83.3 Å². The van der Waals surface area contributed by atoms with Crippen LogP contribution in [0.5, 0.6) is 0 Å². The second kappa shape index (κ2) is 8.83. The highest BCUT2D eigenvalue weighted by Crippen LogP contribution is 2.24. The van der Waals surface area contributed by atoms with Gasteiger partial charge in [-0.3, -0.25) is 4.72 Å². The van der Waals surface area contributed by atoms with Crippen molar-refractivity contribution in [2.75, 3.05) is 4.72 Å². The topological polar surface area (TPSA) is 46.2 Å². The average molecular weight is 418 g/mol. The van der Waals surface area contributed by atoms with Crippen molar-refractivity contribution in [3.63, 3.8) is 0 Å². The molecule has 0 heterocycles. The molecule has 0 aromatic heterocycles. The van der Waals surface area contributed by atoms with E-state index in [1.807, 2.05) is 56.3 Å². The van der Waals surface area contributed by atoms with Gasteiger partial charge in [-0.2, -0.15) is 0 Å². The molecule has 0 bridgehead atoms. The first-order chi connectivity index (χ1) is 12.0. The van der Waals surface area contributed by atoms with Crippen LogP contribution in [0.15, 0.2) is 88.2 Å². The smallest absolute Gasteiger partial charge is 0.261 e. The first kappa shape index (κ1) is 19.2. The Balaban J connectivity index is 0.00000109. The zero-order valence-electron chi connectivity index (χ0n) is 14.1. The molecule has 0 saturated carbocycles. The summed E-state index contributed by atoms with van der Waals surface area (Å²) in [4.78, 5) is 0.238. The summed E-state index contributed by atoms with van der Waals surface area (Å²) in [5.74, 6) is 0. The van der Waals surface area contributed by atoms with Gasteiger partial charge in [-0.05, 0) is 47.5 Å². The maximum Gasteiger partial charge on any atom is 0.261 e. The number of halogens is 1. The van der Waals surface area contributed by atoms with Crippen LogP contribution in [0.2, 0.25) is 0 Å². The Morgan fingerprint density at radius 3 is 1.72 bits per heavy atom. The maximum absolute atomic E-state index is 12.4. The fraction of sp³-hybridized carbons (Fsp3) is 0.100. The molecule has 3 nitrogen and oxygen atoms in total. The summed E-state index contributed by atoms with van der Waals surface area (Å²) < 4.78 is 28.3. The fourth-order valence-corrected chi connectivity index (χ4v) is 3.51.